The number of carboxylic acid groups (broad SMARTS) is 1. The van der Waals surface area contributed by atoms with Crippen LogP contribution >= 0.6 is 0 Å². The summed E-state index contributed by atoms with van der Waals surface area (Å²) in [4.78, 5) is 23.6. The molecule has 1 unspecified atom stereocenters. The van der Waals surface area contributed by atoms with Crippen molar-refractivity contribution in [1.29, 1.82) is 0 Å². The molecule has 0 aliphatic carbocycles. The summed E-state index contributed by atoms with van der Waals surface area (Å²) >= 11 is 0. The smallest absolute Gasteiger partial charge is 0.335 e. The lowest BCUT2D eigenvalue weighted by molar-refractivity contribution is -0.117. The van der Waals surface area contributed by atoms with Gasteiger partial charge in [0.1, 0.15) is 5.75 Å². The zero-order valence-corrected chi connectivity index (χ0v) is 8.83. The molecule has 6 nitrogen and oxygen atoms in total. The van der Waals surface area contributed by atoms with Crippen molar-refractivity contribution in [2.45, 2.75) is 12.5 Å². The molecule has 1 aliphatic heterocycles. The van der Waals surface area contributed by atoms with Gasteiger partial charge in [0, 0.05) is 11.8 Å². The maximum Gasteiger partial charge on any atom is 0.335 e. The minimum Gasteiger partial charge on any atom is -0.508 e. The number of β-amino-alcohol motifs (C(OH)–C–C–N with tert-alkyl or cyclic N) is 1. The van der Waals surface area contributed by atoms with E-state index in [4.69, 9.17) is 5.11 Å². The van der Waals surface area contributed by atoms with Crippen molar-refractivity contribution in [3.63, 3.8) is 0 Å². The number of aliphatic hydroxyl groups is 1. The van der Waals surface area contributed by atoms with Crippen LogP contribution in [0.5, 0.6) is 5.75 Å². The summed E-state index contributed by atoms with van der Waals surface area (Å²) in [6.45, 7) is 0.112. The zero-order valence-electron chi connectivity index (χ0n) is 8.83. The number of nitrogens with zero attached hydrogens (tertiary/aromatic N) is 1. The fourth-order valence-corrected chi connectivity index (χ4v) is 1.81. The molecule has 90 valence electrons. The molecule has 1 aliphatic rings. The number of amides is 1. The average Bonchev–Trinajstić information content (AvgIpc) is 2.57. The Morgan fingerprint density at radius 2 is 2.06 bits per heavy atom. The predicted octanol–water partition coefficient (Wildman–Crippen LogP) is 0.188. The fourth-order valence-electron chi connectivity index (χ4n) is 1.81. The molecule has 0 spiro atoms. The Kier molecular flexibility index (Phi) is 2.72. The first-order valence-electron chi connectivity index (χ1n) is 5.03. The number of phenols is 1. The SMILES string of the molecule is O=C(O)c1cc(O)cc(N2CC(O)CC2=O)c1. The molecule has 0 saturated carbocycles. The number of carbonyl (C=O) groups is 2. The van der Waals surface area contributed by atoms with Crippen molar-refractivity contribution in [3.8, 4) is 5.75 Å². The van der Waals surface area contributed by atoms with Crippen LogP contribution in [0.15, 0.2) is 18.2 Å². The summed E-state index contributed by atoms with van der Waals surface area (Å²) in [6, 6.07) is 3.68. The molecule has 1 heterocycles. The lowest BCUT2D eigenvalue weighted by Gasteiger charge is -2.16. The summed E-state index contributed by atoms with van der Waals surface area (Å²) < 4.78 is 0. The minimum absolute atomic E-state index is 0.0120. The third-order valence-electron chi connectivity index (χ3n) is 2.57. The van der Waals surface area contributed by atoms with Gasteiger partial charge < -0.3 is 20.2 Å². The number of hydrogen-bond donors (Lipinski definition) is 3. The van der Waals surface area contributed by atoms with Crippen LogP contribution in [0.1, 0.15) is 16.8 Å². The first-order chi connectivity index (χ1) is 7.97. The van der Waals surface area contributed by atoms with Crippen molar-refractivity contribution in [3.05, 3.63) is 23.8 Å². The van der Waals surface area contributed by atoms with E-state index in [1.54, 1.807) is 0 Å². The Morgan fingerprint density at radius 1 is 1.35 bits per heavy atom. The highest BCUT2D eigenvalue weighted by Crippen LogP contribution is 2.27. The molecule has 6 heteroatoms. The van der Waals surface area contributed by atoms with Crippen LogP contribution in [-0.2, 0) is 4.79 Å². The average molecular weight is 237 g/mol. The van der Waals surface area contributed by atoms with E-state index in [0.717, 1.165) is 6.07 Å². The standard InChI is InChI=1S/C11H11NO5/c13-8-2-6(11(16)17)1-7(3-8)12-5-9(14)4-10(12)15/h1-3,9,13-14H,4-5H2,(H,16,17). The first-order valence-corrected chi connectivity index (χ1v) is 5.03. The van der Waals surface area contributed by atoms with Crippen LogP contribution in [0.25, 0.3) is 0 Å². The van der Waals surface area contributed by atoms with Crippen molar-refractivity contribution >= 4 is 17.6 Å². The van der Waals surface area contributed by atoms with Gasteiger partial charge in [-0.05, 0) is 12.1 Å². The first kappa shape index (κ1) is 11.4. The summed E-state index contributed by atoms with van der Waals surface area (Å²) in [5, 5.41) is 27.6. The summed E-state index contributed by atoms with van der Waals surface area (Å²) in [6.07, 6.45) is -0.740. The Balaban J connectivity index is 2.39. The van der Waals surface area contributed by atoms with Crippen LogP contribution in [0.3, 0.4) is 0 Å². The Hall–Kier alpha value is -2.08. The van der Waals surface area contributed by atoms with Crippen molar-refractivity contribution in [2.24, 2.45) is 0 Å². The molecule has 1 aromatic rings. The molecule has 2 rings (SSSR count). The van der Waals surface area contributed by atoms with Crippen LogP contribution in [0.2, 0.25) is 0 Å². The zero-order chi connectivity index (χ0) is 12.6. The molecule has 17 heavy (non-hydrogen) atoms. The lowest BCUT2D eigenvalue weighted by Crippen LogP contribution is -2.25. The minimum atomic E-state index is -1.19. The molecular formula is C11H11NO5. The lowest BCUT2D eigenvalue weighted by atomic mass is 10.2. The molecule has 1 aromatic carbocycles. The third-order valence-corrected chi connectivity index (χ3v) is 2.57. The molecule has 1 fully saturated rings. The number of anilines is 1. The van der Waals surface area contributed by atoms with Gasteiger partial charge >= 0.3 is 5.97 Å². The number of rotatable bonds is 2. The number of aromatic hydroxyl groups is 1. The van der Waals surface area contributed by atoms with Gasteiger partial charge in [-0.3, -0.25) is 4.79 Å². The van der Waals surface area contributed by atoms with Crippen molar-refractivity contribution in [1.82, 2.24) is 0 Å². The summed E-state index contributed by atoms with van der Waals surface area (Å²) in [5.74, 6) is -1.71. The number of phenolic OH excluding ortho intramolecular Hbond substituents is 1. The van der Waals surface area contributed by atoms with Gasteiger partial charge in [0.2, 0.25) is 5.91 Å². The van der Waals surface area contributed by atoms with Crippen molar-refractivity contribution < 1.29 is 24.9 Å². The van der Waals surface area contributed by atoms with Gasteiger partial charge in [0.25, 0.3) is 0 Å². The van der Waals surface area contributed by atoms with Crippen LogP contribution < -0.4 is 4.90 Å². The van der Waals surface area contributed by atoms with Gasteiger partial charge in [-0.2, -0.15) is 0 Å². The second kappa shape index (κ2) is 4.06. The number of aliphatic hydroxyl groups excluding tert-OH is 1. The second-order valence-corrected chi connectivity index (χ2v) is 3.91. The molecule has 1 amide bonds. The molecule has 0 bridgehead atoms. The number of hydrogen-bond acceptors (Lipinski definition) is 4. The maximum atomic E-state index is 11.5. The van der Waals surface area contributed by atoms with E-state index in [-0.39, 0.29) is 35.9 Å². The monoisotopic (exact) mass is 237 g/mol. The second-order valence-electron chi connectivity index (χ2n) is 3.91. The van der Waals surface area contributed by atoms with E-state index >= 15 is 0 Å². The van der Waals surface area contributed by atoms with Gasteiger partial charge in [-0.1, -0.05) is 0 Å². The van der Waals surface area contributed by atoms with E-state index < -0.39 is 12.1 Å². The van der Waals surface area contributed by atoms with E-state index in [0.29, 0.717) is 0 Å². The van der Waals surface area contributed by atoms with Crippen molar-refractivity contribution in [2.75, 3.05) is 11.4 Å². The largest absolute Gasteiger partial charge is 0.508 e. The highest BCUT2D eigenvalue weighted by Gasteiger charge is 2.29. The Bertz CT molecular complexity index is 485. The van der Waals surface area contributed by atoms with Gasteiger partial charge in [-0.15, -0.1) is 0 Å². The Labute approximate surface area is 96.7 Å². The number of aromatic carboxylic acids is 1. The molecule has 3 N–H and O–H groups in total. The number of carbonyl (C=O) groups excluding carboxylic acids is 1. The Morgan fingerprint density at radius 3 is 2.59 bits per heavy atom. The molecule has 1 saturated heterocycles. The van der Waals surface area contributed by atoms with E-state index in [1.807, 2.05) is 0 Å². The fraction of sp³-hybridized carbons (Fsp3) is 0.273. The molecule has 0 aromatic heterocycles. The van der Waals surface area contributed by atoms with Crippen LogP contribution in [0, 0.1) is 0 Å². The topological polar surface area (TPSA) is 98.1 Å². The van der Waals surface area contributed by atoms with Gasteiger partial charge in [0.05, 0.1) is 24.6 Å². The molecule has 0 radical (unpaired) electrons. The van der Waals surface area contributed by atoms with Gasteiger partial charge in [0.15, 0.2) is 0 Å². The van der Waals surface area contributed by atoms with E-state index in [9.17, 15) is 19.8 Å². The van der Waals surface area contributed by atoms with E-state index in [1.165, 1.54) is 17.0 Å². The predicted molar refractivity (Wildman–Crippen MR) is 58.0 cm³/mol. The van der Waals surface area contributed by atoms with E-state index in [2.05, 4.69) is 0 Å². The number of benzene rings is 1. The van der Waals surface area contributed by atoms with Gasteiger partial charge in [-0.25, -0.2) is 4.79 Å². The quantitative estimate of drug-likeness (QED) is 0.682. The summed E-state index contributed by atoms with van der Waals surface area (Å²) in [7, 11) is 0. The third kappa shape index (κ3) is 2.21. The normalized spacial score (nSPS) is 19.7. The molecule has 1 atom stereocenters. The maximum absolute atomic E-state index is 11.5. The summed E-state index contributed by atoms with van der Waals surface area (Å²) in [5.41, 5.74) is 0.179. The molecular weight excluding hydrogens is 226 g/mol. The highest BCUT2D eigenvalue weighted by molar-refractivity contribution is 5.98. The number of carboxylic acids is 1. The van der Waals surface area contributed by atoms with Crippen LogP contribution in [0.4, 0.5) is 5.69 Å². The van der Waals surface area contributed by atoms with Crippen LogP contribution in [-0.4, -0.2) is 39.8 Å². The highest BCUT2D eigenvalue weighted by atomic mass is 16.4.